The van der Waals surface area contributed by atoms with Crippen LogP contribution in [0.15, 0.2) is 35.5 Å². The average molecular weight is 358 g/mol. The van der Waals surface area contributed by atoms with Gasteiger partial charge >= 0.3 is 0 Å². The van der Waals surface area contributed by atoms with Crippen LogP contribution in [0.3, 0.4) is 0 Å². The van der Waals surface area contributed by atoms with Crippen LogP contribution in [0.1, 0.15) is 30.9 Å². The van der Waals surface area contributed by atoms with Gasteiger partial charge in [-0.2, -0.15) is 9.40 Å². The Hall–Kier alpha value is -1.44. The van der Waals surface area contributed by atoms with Gasteiger partial charge in [-0.1, -0.05) is 18.0 Å². The zero-order chi connectivity index (χ0) is 16.6. The van der Waals surface area contributed by atoms with E-state index in [-0.39, 0.29) is 16.0 Å². The molecule has 0 N–H and O–H groups in total. The van der Waals surface area contributed by atoms with E-state index in [0.29, 0.717) is 6.54 Å². The molecule has 1 atom stereocenters. The van der Waals surface area contributed by atoms with Crippen LogP contribution in [-0.4, -0.2) is 29.0 Å². The SMILES string of the molecule is Cn1cc([C@H]2CCCCN2S(=O)(=O)c2ccc(F)c(Cl)c2)cn1. The molecular weight excluding hydrogens is 341 g/mol. The summed E-state index contributed by atoms with van der Waals surface area (Å²) < 4.78 is 42.4. The van der Waals surface area contributed by atoms with Crippen LogP contribution in [0.2, 0.25) is 5.02 Å². The smallest absolute Gasteiger partial charge is 0.243 e. The summed E-state index contributed by atoms with van der Waals surface area (Å²) in [4.78, 5) is 0.0136. The Morgan fingerprint density at radius 1 is 1.35 bits per heavy atom. The van der Waals surface area contributed by atoms with Crippen molar-refractivity contribution >= 4 is 21.6 Å². The molecule has 8 heteroatoms. The molecule has 1 aliphatic heterocycles. The monoisotopic (exact) mass is 357 g/mol. The fourth-order valence-electron chi connectivity index (χ4n) is 2.91. The van der Waals surface area contributed by atoms with Crippen molar-refractivity contribution in [3.05, 3.63) is 47.0 Å². The van der Waals surface area contributed by atoms with Gasteiger partial charge in [0, 0.05) is 25.4 Å². The number of rotatable bonds is 3. The molecular formula is C15H17ClFN3O2S. The summed E-state index contributed by atoms with van der Waals surface area (Å²) in [5.41, 5.74) is 0.865. The zero-order valence-electron chi connectivity index (χ0n) is 12.6. The molecule has 1 aromatic carbocycles. The summed E-state index contributed by atoms with van der Waals surface area (Å²) in [7, 11) is -1.95. The predicted molar refractivity (Wildman–Crippen MR) is 85.1 cm³/mol. The topological polar surface area (TPSA) is 55.2 Å². The molecule has 2 heterocycles. The summed E-state index contributed by atoms with van der Waals surface area (Å²) in [6.07, 6.45) is 6.01. The first-order chi connectivity index (χ1) is 10.9. The number of aromatic nitrogens is 2. The van der Waals surface area contributed by atoms with Gasteiger partial charge in [0.25, 0.3) is 0 Å². The number of sulfonamides is 1. The molecule has 2 aromatic rings. The van der Waals surface area contributed by atoms with E-state index in [9.17, 15) is 12.8 Å². The van der Waals surface area contributed by atoms with Crippen LogP contribution in [-0.2, 0) is 17.1 Å². The fraction of sp³-hybridized carbons (Fsp3) is 0.400. The lowest BCUT2D eigenvalue weighted by molar-refractivity contribution is 0.256. The second-order valence-corrected chi connectivity index (χ2v) is 7.95. The maximum Gasteiger partial charge on any atom is 0.243 e. The Labute approximate surface area is 139 Å². The minimum Gasteiger partial charge on any atom is -0.275 e. The third-order valence-electron chi connectivity index (χ3n) is 4.06. The van der Waals surface area contributed by atoms with E-state index in [2.05, 4.69) is 5.10 Å². The zero-order valence-corrected chi connectivity index (χ0v) is 14.2. The van der Waals surface area contributed by atoms with Crippen LogP contribution in [0, 0.1) is 5.82 Å². The third-order valence-corrected chi connectivity index (χ3v) is 6.25. The van der Waals surface area contributed by atoms with E-state index < -0.39 is 15.8 Å². The summed E-state index contributed by atoms with van der Waals surface area (Å²) in [6.45, 7) is 0.427. The normalized spacial score (nSPS) is 19.9. The number of nitrogens with zero attached hydrogens (tertiary/aromatic N) is 3. The van der Waals surface area contributed by atoms with E-state index in [1.165, 1.54) is 16.4 Å². The van der Waals surface area contributed by atoms with Crippen molar-refractivity contribution in [2.24, 2.45) is 7.05 Å². The molecule has 0 amide bonds. The van der Waals surface area contributed by atoms with Gasteiger partial charge in [-0.15, -0.1) is 0 Å². The van der Waals surface area contributed by atoms with E-state index in [0.717, 1.165) is 30.9 Å². The lowest BCUT2D eigenvalue weighted by atomic mass is 10.0. The highest BCUT2D eigenvalue weighted by molar-refractivity contribution is 7.89. The molecule has 0 saturated carbocycles. The molecule has 1 saturated heterocycles. The van der Waals surface area contributed by atoms with Crippen molar-refractivity contribution in [3.8, 4) is 0 Å². The van der Waals surface area contributed by atoms with Crippen molar-refractivity contribution in [1.29, 1.82) is 0 Å². The van der Waals surface area contributed by atoms with E-state index >= 15 is 0 Å². The average Bonchev–Trinajstić information content (AvgIpc) is 2.96. The quantitative estimate of drug-likeness (QED) is 0.848. The summed E-state index contributed by atoms with van der Waals surface area (Å²) in [5, 5.41) is 3.94. The molecule has 0 radical (unpaired) electrons. The first-order valence-corrected chi connectivity index (χ1v) is 9.17. The first kappa shape index (κ1) is 16.4. The maximum atomic E-state index is 13.3. The highest BCUT2D eigenvalue weighted by Crippen LogP contribution is 2.35. The Bertz CT molecular complexity index is 822. The molecule has 0 unspecified atom stereocenters. The summed E-state index contributed by atoms with van der Waals surface area (Å²) >= 11 is 5.74. The van der Waals surface area contributed by atoms with Crippen molar-refractivity contribution in [3.63, 3.8) is 0 Å². The van der Waals surface area contributed by atoms with Gasteiger partial charge in [0.2, 0.25) is 10.0 Å². The summed E-state index contributed by atoms with van der Waals surface area (Å²) in [6, 6.07) is 3.25. The largest absolute Gasteiger partial charge is 0.275 e. The van der Waals surface area contributed by atoms with Gasteiger partial charge in [-0.05, 0) is 31.0 Å². The lowest BCUT2D eigenvalue weighted by Crippen LogP contribution is -2.38. The van der Waals surface area contributed by atoms with Crippen molar-refractivity contribution < 1.29 is 12.8 Å². The summed E-state index contributed by atoms with van der Waals surface area (Å²) in [5.74, 6) is -0.631. The van der Waals surface area contributed by atoms with Gasteiger partial charge in [-0.25, -0.2) is 12.8 Å². The molecule has 0 bridgehead atoms. The molecule has 1 aromatic heterocycles. The van der Waals surface area contributed by atoms with Crippen molar-refractivity contribution in [1.82, 2.24) is 14.1 Å². The molecule has 0 aliphatic carbocycles. The minimum absolute atomic E-state index is 0.0136. The third kappa shape index (κ3) is 3.13. The lowest BCUT2D eigenvalue weighted by Gasteiger charge is -2.34. The first-order valence-electron chi connectivity index (χ1n) is 7.35. The van der Waals surface area contributed by atoms with Gasteiger partial charge < -0.3 is 0 Å². The number of hydrogen-bond acceptors (Lipinski definition) is 3. The van der Waals surface area contributed by atoms with Gasteiger partial charge in [0.05, 0.1) is 22.2 Å². The Balaban J connectivity index is 2.00. The van der Waals surface area contributed by atoms with Crippen LogP contribution < -0.4 is 0 Å². The molecule has 3 rings (SSSR count). The van der Waals surface area contributed by atoms with E-state index in [1.807, 2.05) is 6.20 Å². The molecule has 124 valence electrons. The molecule has 1 aliphatic rings. The second-order valence-electron chi connectivity index (χ2n) is 5.65. The Kier molecular flexibility index (Phi) is 4.44. The highest BCUT2D eigenvalue weighted by atomic mass is 35.5. The van der Waals surface area contributed by atoms with E-state index in [1.54, 1.807) is 17.9 Å². The molecule has 0 spiro atoms. The molecule has 23 heavy (non-hydrogen) atoms. The fourth-order valence-corrected chi connectivity index (χ4v) is 4.87. The second kappa shape index (κ2) is 6.22. The number of benzene rings is 1. The van der Waals surface area contributed by atoms with Crippen molar-refractivity contribution in [2.45, 2.75) is 30.2 Å². The number of piperidine rings is 1. The molecule has 5 nitrogen and oxygen atoms in total. The van der Waals surface area contributed by atoms with E-state index in [4.69, 9.17) is 11.6 Å². The maximum absolute atomic E-state index is 13.3. The predicted octanol–water partition coefficient (Wildman–Crippen LogP) is 3.13. The Morgan fingerprint density at radius 2 is 2.13 bits per heavy atom. The van der Waals surface area contributed by atoms with Gasteiger partial charge in [0.15, 0.2) is 0 Å². The molecule has 1 fully saturated rings. The minimum atomic E-state index is -3.74. The van der Waals surface area contributed by atoms with Crippen LogP contribution in [0.25, 0.3) is 0 Å². The van der Waals surface area contributed by atoms with Gasteiger partial charge in [-0.3, -0.25) is 4.68 Å². The van der Waals surface area contributed by atoms with Crippen LogP contribution >= 0.6 is 11.6 Å². The number of aryl methyl sites for hydroxylation is 1. The number of halogens is 2. The van der Waals surface area contributed by atoms with Gasteiger partial charge in [0.1, 0.15) is 5.82 Å². The Morgan fingerprint density at radius 3 is 2.78 bits per heavy atom. The van der Waals surface area contributed by atoms with Crippen LogP contribution in [0.5, 0.6) is 0 Å². The standard InChI is InChI=1S/C15H17ClFN3O2S/c1-19-10-11(9-18-19)15-4-2-3-7-20(15)23(21,22)12-5-6-14(17)13(16)8-12/h5-6,8-10,15H,2-4,7H2,1H3/t15-/m1/s1. The van der Waals surface area contributed by atoms with Crippen molar-refractivity contribution in [2.75, 3.05) is 6.54 Å². The van der Waals surface area contributed by atoms with Crippen LogP contribution in [0.4, 0.5) is 4.39 Å². The highest BCUT2D eigenvalue weighted by Gasteiger charge is 2.35. The number of hydrogen-bond donors (Lipinski definition) is 0.